The number of amides is 1. The lowest BCUT2D eigenvalue weighted by molar-refractivity contribution is 0.0902. The Balaban J connectivity index is 2.00. The van der Waals surface area contributed by atoms with Gasteiger partial charge in [0.25, 0.3) is 15.9 Å². The van der Waals surface area contributed by atoms with E-state index in [1.165, 1.54) is 19.2 Å². The second-order valence-corrected chi connectivity index (χ2v) is 6.25. The predicted molar refractivity (Wildman–Crippen MR) is 74.1 cm³/mol. The Bertz CT molecular complexity index is 705. The Hall–Kier alpha value is -2.13. The normalized spacial score (nSPS) is 13.0. The fraction of sp³-hybridized carbons (Fsp3) is 0.333. The first kappa shape index (κ1) is 15.3. The summed E-state index contributed by atoms with van der Waals surface area (Å²) in [5, 5.41) is 6.45. The minimum absolute atomic E-state index is 0.0591. The molecule has 2 heterocycles. The molecule has 0 aliphatic rings. The molecule has 0 spiro atoms. The fourth-order valence-corrected chi connectivity index (χ4v) is 2.36. The van der Waals surface area contributed by atoms with E-state index in [-0.39, 0.29) is 16.9 Å². The third kappa shape index (κ3) is 3.70. The number of carbonyl (C=O) groups is 1. The number of aromatic nitrogens is 2. The van der Waals surface area contributed by atoms with Crippen LogP contribution in [0.25, 0.3) is 0 Å². The number of nitrogens with one attached hydrogen (secondary N) is 2. The van der Waals surface area contributed by atoms with Crippen LogP contribution < -0.4 is 10.0 Å². The van der Waals surface area contributed by atoms with Crippen LogP contribution in [0.1, 0.15) is 17.5 Å². The number of nitrogens with zero attached hydrogens (tertiary/aromatic N) is 2. The van der Waals surface area contributed by atoms with Crippen LogP contribution in [0.4, 0.5) is 0 Å². The van der Waals surface area contributed by atoms with Crippen molar-refractivity contribution in [2.75, 3.05) is 7.05 Å². The molecule has 0 fully saturated rings. The van der Waals surface area contributed by atoms with Gasteiger partial charge in [0.1, 0.15) is 0 Å². The zero-order valence-corrected chi connectivity index (χ0v) is 12.4. The summed E-state index contributed by atoms with van der Waals surface area (Å²) >= 11 is 0. The van der Waals surface area contributed by atoms with Gasteiger partial charge in [-0.1, -0.05) is 0 Å². The molecule has 8 nitrogen and oxygen atoms in total. The van der Waals surface area contributed by atoms with Gasteiger partial charge in [0.05, 0.1) is 6.54 Å². The van der Waals surface area contributed by atoms with E-state index >= 15 is 0 Å². The van der Waals surface area contributed by atoms with Crippen LogP contribution >= 0.6 is 0 Å². The molecule has 0 aliphatic heterocycles. The smallest absolute Gasteiger partial charge is 0.287 e. The molecule has 1 amide bonds. The standard InChI is InChI=1S/C12H16N4O4S/c1-9(8-16-7-3-6-14-16)15-12(17)10-4-5-11(20-10)21(18,19)13-2/h3-7,9,13H,8H2,1-2H3,(H,15,17). The Morgan fingerprint density at radius 1 is 1.48 bits per heavy atom. The largest absolute Gasteiger partial charge is 0.438 e. The summed E-state index contributed by atoms with van der Waals surface area (Å²) in [7, 11) is -2.42. The second kappa shape index (κ2) is 6.10. The molecule has 1 unspecified atom stereocenters. The van der Waals surface area contributed by atoms with Gasteiger partial charge >= 0.3 is 0 Å². The van der Waals surface area contributed by atoms with E-state index in [0.29, 0.717) is 6.54 Å². The van der Waals surface area contributed by atoms with Gasteiger partial charge in [0.15, 0.2) is 5.76 Å². The van der Waals surface area contributed by atoms with Gasteiger partial charge in [-0.15, -0.1) is 0 Å². The first-order valence-corrected chi connectivity index (χ1v) is 7.72. The summed E-state index contributed by atoms with van der Waals surface area (Å²) in [5.41, 5.74) is 0. The van der Waals surface area contributed by atoms with Crippen molar-refractivity contribution in [3.8, 4) is 0 Å². The molecule has 21 heavy (non-hydrogen) atoms. The molecule has 0 aromatic carbocycles. The molecule has 9 heteroatoms. The van der Waals surface area contributed by atoms with Gasteiger partial charge in [0.2, 0.25) is 5.09 Å². The Morgan fingerprint density at radius 3 is 2.86 bits per heavy atom. The Kier molecular flexibility index (Phi) is 4.43. The number of sulfonamides is 1. The number of rotatable bonds is 6. The highest BCUT2D eigenvalue weighted by Gasteiger charge is 2.20. The zero-order valence-electron chi connectivity index (χ0n) is 11.6. The minimum atomic E-state index is -3.69. The lowest BCUT2D eigenvalue weighted by atomic mass is 10.3. The Labute approximate surface area is 122 Å². The molecule has 0 bridgehead atoms. The van der Waals surface area contributed by atoms with Crippen LogP contribution in [0, 0.1) is 0 Å². The van der Waals surface area contributed by atoms with Crippen molar-refractivity contribution in [1.82, 2.24) is 19.8 Å². The number of hydrogen-bond acceptors (Lipinski definition) is 5. The SMILES string of the molecule is CNS(=O)(=O)c1ccc(C(=O)NC(C)Cn2cccn2)o1. The Morgan fingerprint density at radius 2 is 2.24 bits per heavy atom. The van der Waals surface area contributed by atoms with E-state index in [1.807, 2.05) is 6.92 Å². The average molecular weight is 312 g/mol. The molecule has 1 atom stereocenters. The lowest BCUT2D eigenvalue weighted by Gasteiger charge is -2.12. The summed E-state index contributed by atoms with van der Waals surface area (Å²) in [4.78, 5) is 12.0. The molecule has 2 rings (SSSR count). The number of furan rings is 1. The molecule has 2 N–H and O–H groups in total. The summed E-state index contributed by atoms with van der Waals surface area (Å²) in [5.74, 6) is -0.539. The van der Waals surface area contributed by atoms with Crippen molar-refractivity contribution in [2.24, 2.45) is 0 Å². The van der Waals surface area contributed by atoms with E-state index in [4.69, 9.17) is 4.42 Å². The highest BCUT2D eigenvalue weighted by atomic mass is 32.2. The maximum atomic E-state index is 12.0. The van der Waals surface area contributed by atoms with E-state index in [1.54, 1.807) is 23.1 Å². The summed E-state index contributed by atoms with van der Waals surface area (Å²) in [6.45, 7) is 2.31. The summed E-state index contributed by atoms with van der Waals surface area (Å²) in [6.07, 6.45) is 3.43. The van der Waals surface area contributed by atoms with E-state index in [2.05, 4.69) is 15.1 Å². The molecule has 0 saturated heterocycles. The summed E-state index contributed by atoms with van der Waals surface area (Å²) in [6, 6.07) is 4.15. The van der Waals surface area contributed by atoms with Gasteiger partial charge in [-0.05, 0) is 32.2 Å². The van der Waals surface area contributed by atoms with Crippen molar-refractivity contribution in [2.45, 2.75) is 24.6 Å². The van der Waals surface area contributed by atoms with Crippen LogP contribution in [0.5, 0.6) is 0 Å². The van der Waals surface area contributed by atoms with Crippen molar-refractivity contribution in [1.29, 1.82) is 0 Å². The van der Waals surface area contributed by atoms with Gasteiger partial charge in [-0.25, -0.2) is 13.1 Å². The molecule has 2 aromatic heterocycles. The van der Waals surface area contributed by atoms with Crippen LogP contribution in [-0.2, 0) is 16.6 Å². The maximum absolute atomic E-state index is 12.0. The third-order valence-corrected chi connectivity index (χ3v) is 4.02. The average Bonchev–Trinajstić information content (AvgIpc) is 3.09. The van der Waals surface area contributed by atoms with Crippen molar-refractivity contribution >= 4 is 15.9 Å². The quantitative estimate of drug-likeness (QED) is 0.792. The molecule has 0 aliphatic carbocycles. The fourth-order valence-electron chi connectivity index (χ4n) is 1.72. The summed E-state index contributed by atoms with van der Waals surface area (Å²) < 4.78 is 31.9. The lowest BCUT2D eigenvalue weighted by Crippen LogP contribution is -2.35. The van der Waals surface area contributed by atoms with Crippen molar-refractivity contribution < 1.29 is 17.6 Å². The van der Waals surface area contributed by atoms with Crippen LogP contribution in [0.2, 0.25) is 0 Å². The molecule has 2 aromatic rings. The monoisotopic (exact) mass is 312 g/mol. The topological polar surface area (TPSA) is 106 Å². The zero-order chi connectivity index (χ0) is 15.5. The third-order valence-electron chi connectivity index (χ3n) is 2.74. The van der Waals surface area contributed by atoms with Crippen LogP contribution in [-0.4, -0.2) is 37.2 Å². The molecule has 0 radical (unpaired) electrons. The van der Waals surface area contributed by atoms with Crippen LogP contribution in [0.3, 0.4) is 0 Å². The van der Waals surface area contributed by atoms with Crippen molar-refractivity contribution in [3.05, 3.63) is 36.4 Å². The van der Waals surface area contributed by atoms with E-state index in [9.17, 15) is 13.2 Å². The molecule has 0 saturated carbocycles. The van der Waals surface area contributed by atoms with Gasteiger partial charge in [-0.2, -0.15) is 5.10 Å². The molecular weight excluding hydrogens is 296 g/mol. The predicted octanol–water partition coefficient (Wildman–Crippen LogP) is 0.203. The van der Waals surface area contributed by atoms with E-state index < -0.39 is 15.9 Å². The first-order chi connectivity index (χ1) is 9.92. The highest BCUT2D eigenvalue weighted by molar-refractivity contribution is 7.89. The van der Waals surface area contributed by atoms with E-state index in [0.717, 1.165) is 0 Å². The first-order valence-electron chi connectivity index (χ1n) is 6.24. The number of hydrogen-bond donors (Lipinski definition) is 2. The van der Waals surface area contributed by atoms with Crippen LogP contribution in [0.15, 0.2) is 40.1 Å². The van der Waals surface area contributed by atoms with Crippen molar-refractivity contribution in [3.63, 3.8) is 0 Å². The minimum Gasteiger partial charge on any atom is -0.438 e. The molecular formula is C12H16N4O4S. The number of carbonyl (C=O) groups excluding carboxylic acids is 1. The van der Waals surface area contributed by atoms with Gasteiger partial charge < -0.3 is 9.73 Å². The highest BCUT2D eigenvalue weighted by Crippen LogP contribution is 2.13. The van der Waals surface area contributed by atoms with Gasteiger partial charge in [0, 0.05) is 18.4 Å². The van der Waals surface area contributed by atoms with Gasteiger partial charge in [-0.3, -0.25) is 9.48 Å². The second-order valence-electron chi connectivity index (χ2n) is 4.43. The molecule has 114 valence electrons. The maximum Gasteiger partial charge on any atom is 0.287 e.